The molecule has 1 fully saturated rings. The van der Waals surface area contributed by atoms with E-state index in [9.17, 15) is 0 Å². The minimum atomic E-state index is -1.80. The first-order valence-electron chi connectivity index (χ1n) is 9.82. The second-order valence-corrected chi connectivity index (χ2v) is 13.8. The van der Waals surface area contributed by atoms with Crippen molar-refractivity contribution in [1.82, 2.24) is 4.90 Å². The van der Waals surface area contributed by atoms with Gasteiger partial charge in [0.2, 0.25) is 0 Å². The Hall–Kier alpha value is -0.643. The van der Waals surface area contributed by atoms with Crippen LogP contribution in [-0.4, -0.2) is 32.9 Å². The highest BCUT2D eigenvalue weighted by molar-refractivity contribution is 6.77. The fourth-order valence-corrected chi connectivity index (χ4v) is 10.3. The fourth-order valence-electron chi connectivity index (χ4n) is 4.86. The SMILES string of the molecule is CC(C)[Si](OCC(c1ccccc1)N1CCCC1)(C(C)C)C(C)C. The molecule has 0 aliphatic carbocycles. The summed E-state index contributed by atoms with van der Waals surface area (Å²) in [6.07, 6.45) is 2.65. The van der Waals surface area contributed by atoms with Crippen LogP contribution in [0, 0.1) is 0 Å². The first-order chi connectivity index (χ1) is 11.4. The number of benzene rings is 1. The zero-order valence-corrected chi connectivity index (χ0v) is 17.6. The summed E-state index contributed by atoms with van der Waals surface area (Å²) >= 11 is 0. The third-order valence-corrected chi connectivity index (χ3v) is 12.0. The van der Waals surface area contributed by atoms with Crippen molar-refractivity contribution in [2.75, 3.05) is 19.7 Å². The van der Waals surface area contributed by atoms with Crippen LogP contribution in [0.2, 0.25) is 16.6 Å². The highest BCUT2D eigenvalue weighted by atomic mass is 28.4. The van der Waals surface area contributed by atoms with Crippen LogP contribution in [-0.2, 0) is 4.43 Å². The van der Waals surface area contributed by atoms with Crippen LogP contribution in [0.15, 0.2) is 30.3 Å². The Morgan fingerprint density at radius 1 is 0.875 bits per heavy atom. The lowest BCUT2D eigenvalue weighted by molar-refractivity contribution is 0.147. The monoisotopic (exact) mass is 347 g/mol. The molecule has 1 aliphatic rings. The van der Waals surface area contributed by atoms with Gasteiger partial charge in [0, 0.05) is 0 Å². The minimum Gasteiger partial charge on any atom is -0.414 e. The summed E-state index contributed by atoms with van der Waals surface area (Å²) in [5.41, 5.74) is 3.35. The molecule has 0 radical (unpaired) electrons. The predicted molar refractivity (Wildman–Crippen MR) is 107 cm³/mol. The predicted octanol–water partition coefficient (Wildman–Crippen LogP) is 6.02. The highest BCUT2D eigenvalue weighted by Crippen LogP contribution is 2.43. The number of nitrogens with zero attached hydrogens (tertiary/aromatic N) is 1. The summed E-state index contributed by atoms with van der Waals surface area (Å²) in [6.45, 7) is 17.5. The Morgan fingerprint density at radius 3 is 1.83 bits per heavy atom. The van der Waals surface area contributed by atoms with Crippen molar-refractivity contribution in [2.45, 2.75) is 77.0 Å². The molecule has 1 heterocycles. The smallest absolute Gasteiger partial charge is 0.200 e. The third-order valence-electron chi connectivity index (χ3n) is 5.96. The summed E-state index contributed by atoms with van der Waals surface area (Å²) < 4.78 is 6.94. The van der Waals surface area contributed by atoms with Gasteiger partial charge in [0.1, 0.15) is 0 Å². The first-order valence-corrected chi connectivity index (χ1v) is 12.0. The Kier molecular flexibility index (Phi) is 7.08. The molecule has 2 rings (SSSR count). The Labute approximate surface area is 150 Å². The van der Waals surface area contributed by atoms with Crippen LogP contribution in [0.1, 0.15) is 66.0 Å². The molecule has 0 aromatic heterocycles. The van der Waals surface area contributed by atoms with Crippen molar-refractivity contribution in [3.63, 3.8) is 0 Å². The molecule has 0 amide bonds. The van der Waals surface area contributed by atoms with E-state index in [1.807, 2.05) is 0 Å². The van der Waals surface area contributed by atoms with E-state index < -0.39 is 8.32 Å². The Bertz CT molecular complexity index is 458. The van der Waals surface area contributed by atoms with E-state index in [1.165, 1.54) is 31.5 Å². The second-order valence-electron chi connectivity index (χ2n) is 8.30. The first kappa shape index (κ1) is 19.7. The maximum atomic E-state index is 6.94. The second kappa shape index (κ2) is 8.64. The van der Waals surface area contributed by atoms with E-state index >= 15 is 0 Å². The van der Waals surface area contributed by atoms with Gasteiger partial charge >= 0.3 is 0 Å². The molecule has 1 aromatic carbocycles. The van der Waals surface area contributed by atoms with Gasteiger partial charge in [-0.3, -0.25) is 4.90 Å². The summed E-state index contributed by atoms with van der Waals surface area (Å²) in [4.78, 5) is 2.63. The van der Waals surface area contributed by atoms with Crippen molar-refractivity contribution >= 4 is 8.32 Å². The fraction of sp³-hybridized carbons (Fsp3) is 0.714. The van der Waals surface area contributed by atoms with Gasteiger partial charge in [0.05, 0.1) is 12.6 Å². The van der Waals surface area contributed by atoms with Crippen LogP contribution in [0.4, 0.5) is 0 Å². The molecule has 1 unspecified atom stereocenters. The number of hydrogen-bond acceptors (Lipinski definition) is 2. The van der Waals surface area contributed by atoms with Crippen molar-refractivity contribution < 1.29 is 4.43 Å². The summed E-state index contributed by atoms with van der Waals surface area (Å²) in [5.74, 6) is 0. The molecule has 2 nitrogen and oxygen atoms in total. The molecular weight excluding hydrogens is 310 g/mol. The van der Waals surface area contributed by atoms with Crippen molar-refractivity contribution in [2.24, 2.45) is 0 Å². The molecular formula is C21H37NOSi. The van der Waals surface area contributed by atoms with Gasteiger partial charge < -0.3 is 4.43 Å². The van der Waals surface area contributed by atoms with Gasteiger partial charge in [0.15, 0.2) is 8.32 Å². The molecule has 1 aromatic rings. The lowest BCUT2D eigenvalue weighted by Crippen LogP contribution is -2.49. The van der Waals surface area contributed by atoms with Crippen LogP contribution in [0.5, 0.6) is 0 Å². The normalized spacial score (nSPS) is 18.0. The van der Waals surface area contributed by atoms with Crippen LogP contribution in [0.25, 0.3) is 0 Å². The zero-order valence-electron chi connectivity index (χ0n) is 16.6. The summed E-state index contributed by atoms with van der Waals surface area (Å²) in [7, 11) is -1.80. The zero-order chi connectivity index (χ0) is 17.7. The average Bonchev–Trinajstić information content (AvgIpc) is 3.05. The molecule has 24 heavy (non-hydrogen) atoms. The van der Waals surface area contributed by atoms with Gasteiger partial charge in [-0.25, -0.2) is 0 Å². The summed E-state index contributed by atoms with van der Waals surface area (Å²) in [5, 5.41) is 0. The summed E-state index contributed by atoms with van der Waals surface area (Å²) in [6, 6.07) is 11.4. The standard InChI is InChI=1S/C21H37NOSi/c1-17(2)24(18(3)4,19(5)6)23-16-21(22-14-10-11-15-22)20-12-8-7-9-13-20/h7-9,12-13,17-19,21H,10-11,14-16H2,1-6H3. The molecule has 0 spiro atoms. The third kappa shape index (κ3) is 4.12. The van der Waals surface area contributed by atoms with Gasteiger partial charge in [-0.1, -0.05) is 71.9 Å². The van der Waals surface area contributed by atoms with Crippen molar-refractivity contribution in [3.05, 3.63) is 35.9 Å². The van der Waals surface area contributed by atoms with E-state index in [0.717, 1.165) is 6.61 Å². The number of rotatable bonds is 8. The van der Waals surface area contributed by atoms with E-state index in [4.69, 9.17) is 4.43 Å². The van der Waals surface area contributed by atoms with Crippen LogP contribution >= 0.6 is 0 Å². The van der Waals surface area contributed by atoms with Crippen molar-refractivity contribution in [1.29, 1.82) is 0 Å². The molecule has 1 saturated heterocycles. The molecule has 0 N–H and O–H groups in total. The van der Waals surface area contributed by atoms with Crippen LogP contribution < -0.4 is 0 Å². The number of likely N-dealkylation sites (tertiary alicyclic amines) is 1. The maximum Gasteiger partial charge on any atom is 0.200 e. The molecule has 1 aliphatic heterocycles. The lowest BCUT2D eigenvalue weighted by atomic mass is 10.1. The van der Waals surface area contributed by atoms with Crippen LogP contribution in [0.3, 0.4) is 0 Å². The van der Waals surface area contributed by atoms with Gasteiger partial charge in [-0.2, -0.15) is 0 Å². The minimum absolute atomic E-state index is 0.414. The molecule has 1 atom stereocenters. The Balaban J connectivity index is 2.22. The van der Waals surface area contributed by atoms with Gasteiger partial charge in [-0.15, -0.1) is 0 Å². The molecule has 136 valence electrons. The van der Waals surface area contributed by atoms with E-state index in [1.54, 1.807) is 0 Å². The lowest BCUT2D eigenvalue weighted by Gasteiger charge is -2.43. The van der Waals surface area contributed by atoms with Gasteiger partial charge in [-0.05, 0) is 48.1 Å². The highest BCUT2D eigenvalue weighted by Gasteiger charge is 2.45. The molecule has 0 saturated carbocycles. The van der Waals surface area contributed by atoms with E-state index in [0.29, 0.717) is 22.7 Å². The number of hydrogen-bond donors (Lipinski definition) is 0. The van der Waals surface area contributed by atoms with Crippen molar-refractivity contribution in [3.8, 4) is 0 Å². The van der Waals surface area contributed by atoms with E-state index in [2.05, 4.69) is 76.8 Å². The molecule has 0 bridgehead atoms. The Morgan fingerprint density at radius 2 is 1.38 bits per heavy atom. The average molecular weight is 348 g/mol. The maximum absolute atomic E-state index is 6.94. The van der Waals surface area contributed by atoms with Gasteiger partial charge in [0.25, 0.3) is 0 Å². The molecule has 3 heteroatoms. The topological polar surface area (TPSA) is 12.5 Å². The van der Waals surface area contributed by atoms with E-state index in [-0.39, 0.29) is 0 Å². The quantitative estimate of drug-likeness (QED) is 0.533. The largest absolute Gasteiger partial charge is 0.414 e.